The van der Waals surface area contributed by atoms with Crippen molar-refractivity contribution in [1.82, 2.24) is 24.6 Å². The summed E-state index contributed by atoms with van der Waals surface area (Å²) in [4.78, 5) is 48.1. The zero-order valence-electron chi connectivity index (χ0n) is 20.2. The summed E-state index contributed by atoms with van der Waals surface area (Å²) < 4.78 is 6.69. The van der Waals surface area contributed by atoms with Crippen molar-refractivity contribution in [1.29, 1.82) is 5.26 Å². The molecule has 4 heterocycles. The van der Waals surface area contributed by atoms with Gasteiger partial charge >= 0.3 is 12.0 Å². The van der Waals surface area contributed by atoms with Crippen LogP contribution >= 0.6 is 11.3 Å². The van der Waals surface area contributed by atoms with E-state index >= 15 is 0 Å². The molecule has 39 heavy (non-hydrogen) atoms. The van der Waals surface area contributed by atoms with Crippen LogP contribution < -0.4 is 16.4 Å². The van der Waals surface area contributed by atoms with E-state index in [9.17, 15) is 19.5 Å². The highest BCUT2D eigenvalue weighted by Crippen LogP contribution is 2.32. The van der Waals surface area contributed by atoms with Gasteiger partial charge in [-0.05, 0) is 24.3 Å². The zero-order valence-corrected chi connectivity index (χ0v) is 21.0. The number of nitriles is 1. The summed E-state index contributed by atoms with van der Waals surface area (Å²) in [6, 6.07) is 9.23. The first-order chi connectivity index (χ1) is 18.8. The molecule has 0 bridgehead atoms. The number of carboxylic acids is 1. The Hall–Kier alpha value is -4.91. The van der Waals surface area contributed by atoms with E-state index in [1.807, 2.05) is 6.07 Å². The van der Waals surface area contributed by atoms with E-state index < -0.39 is 24.1 Å². The third kappa shape index (κ3) is 5.38. The fraction of sp³-hybridized carbons (Fsp3) is 0.208. The van der Waals surface area contributed by atoms with Crippen molar-refractivity contribution in [3.8, 4) is 16.6 Å². The van der Waals surface area contributed by atoms with Crippen LogP contribution in [0.5, 0.6) is 0 Å². The van der Waals surface area contributed by atoms with E-state index in [1.165, 1.54) is 29.2 Å². The van der Waals surface area contributed by atoms with Gasteiger partial charge in [-0.2, -0.15) is 10.4 Å². The highest BCUT2D eigenvalue weighted by Gasteiger charge is 2.31. The van der Waals surface area contributed by atoms with E-state index in [2.05, 4.69) is 25.7 Å². The number of hydrogen-bond donors (Lipinski definition) is 4. The molecule has 4 aromatic rings. The van der Waals surface area contributed by atoms with Crippen molar-refractivity contribution in [2.45, 2.75) is 6.17 Å². The van der Waals surface area contributed by atoms with Crippen molar-refractivity contribution >= 4 is 51.1 Å². The number of aromatic nitrogens is 4. The van der Waals surface area contributed by atoms with Crippen LogP contribution in [0.25, 0.3) is 21.6 Å². The van der Waals surface area contributed by atoms with E-state index in [0.29, 0.717) is 42.4 Å². The summed E-state index contributed by atoms with van der Waals surface area (Å²) in [5.41, 5.74) is 6.91. The van der Waals surface area contributed by atoms with Crippen LogP contribution in [0, 0.1) is 11.3 Å². The number of hydrogen-bond acceptors (Lipinski definition) is 10. The van der Waals surface area contributed by atoms with Crippen LogP contribution in [0.1, 0.15) is 22.1 Å². The predicted molar refractivity (Wildman–Crippen MR) is 140 cm³/mol. The van der Waals surface area contributed by atoms with Gasteiger partial charge in [0.2, 0.25) is 0 Å². The summed E-state index contributed by atoms with van der Waals surface area (Å²) in [5.74, 6) is -1.87. The van der Waals surface area contributed by atoms with Crippen molar-refractivity contribution < 1.29 is 24.2 Å². The third-order valence-electron chi connectivity index (χ3n) is 5.90. The number of carboxylic acid groups (broad SMARTS) is 1. The number of anilines is 2. The Morgan fingerprint density at radius 1 is 1.18 bits per heavy atom. The highest BCUT2D eigenvalue weighted by atomic mass is 32.1. The largest absolute Gasteiger partial charge is 0.478 e. The average molecular weight is 548 g/mol. The second-order valence-electron chi connectivity index (χ2n) is 8.41. The van der Waals surface area contributed by atoms with E-state index in [1.54, 1.807) is 23.1 Å². The predicted octanol–water partition coefficient (Wildman–Crippen LogP) is 2.08. The standard InChI is InChI=1S/C24H21N9O5S/c25-10-13-2-1-3-14(8-13)29-23(37)31-24-27-12-18(39-24)17-9-15(22(35)36)16-11-28-33(20(16)30-17)21(19(26)34)32-4-6-38-7-5-32/h1-3,8-9,11-12,21H,4-7H2,(H2,26,34)(H,35,36)(H2,27,29,31,37). The minimum atomic E-state index is -1.20. The van der Waals surface area contributed by atoms with Crippen molar-refractivity contribution in [2.75, 3.05) is 36.9 Å². The monoisotopic (exact) mass is 547 g/mol. The number of thiazole rings is 1. The molecule has 3 aromatic heterocycles. The number of benzene rings is 1. The van der Waals surface area contributed by atoms with Gasteiger partial charge in [0.05, 0.1) is 52.6 Å². The second kappa shape index (κ2) is 10.8. The molecule has 1 aliphatic rings. The van der Waals surface area contributed by atoms with Gasteiger partial charge < -0.3 is 20.9 Å². The number of morpholine rings is 1. The van der Waals surface area contributed by atoms with Gasteiger partial charge in [0.15, 0.2) is 16.9 Å². The third-order valence-corrected chi connectivity index (χ3v) is 6.84. The molecule has 1 aliphatic heterocycles. The Morgan fingerprint density at radius 3 is 2.69 bits per heavy atom. The molecule has 0 spiro atoms. The average Bonchev–Trinajstić information content (AvgIpc) is 3.56. The normalized spacial score (nSPS) is 14.4. The minimum absolute atomic E-state index is 0.0653. The van der Waals surface area contributed by atoms with Crippen LogP contribution in [0.3, 0.4) is 0 Å². The number of amides is 3. The first-order valence-electron chi connectivity index (χ1n) is 11.6. The molecular formula is C24H21N9O5S. The number of nitrogens with two attached hydrogens (primary N) is 1. The summed E-state index contributed by atoms with van der Waals surface area (Å²) in [7, 11) is 0. The number of carbonyl (C=O) groups is 3. The first kappa shape index (κ1) is 25.7. The summed E-state index contributed by atoms with van der Waals surface area (Å²) in [6.45, 7) is 1.70. The molecule has 5 rings (SSSR count). The van der Waals surface area contributed by atoms with Gasteiger partial charge in [-0.15, -0.1) is 0 Å². The Bertz CT molecular complexity index is 1620. The Balaban J connectivity index is 1.45. The fourth-order valence-corrected chi connectivity index (χ4v) is 4.93. The van der Waals surface area contributed by atoms with Crippen LogP contribution in [0.4, 0.5) is 15.6 Å². The van der Waals surface area contributed by atoms with Crippen molar-refractivity contribution in [3.63, 3.8) is 0 Å². The quantitative estimate of drug-likeness (QED) is 0.265. The summed E-state index contributed by atoms with van der Waals surface area (Å²) in [6.07, 6.45) is 1.81. The lowest BCUT2D eigenvalue weighted by atomic mass is 10.1. The van der Waals surface area contributed by atoms with Gasteiger partial charge in [0, 0.05) is 25.0 Å². The molecule has 1 unspecified atom stereocenters. The van der Waals surface area contributed by atoms with Crippen LogP contribution in [-0.4, -0.2) is 74.0 Å². The lowest BCUT2D eigenvalue weighted by Gasteiger charge is -2.32. The van der Waals surface area contributed by atoms with Crippen LogP contribution in [0.15, 0.2) is 42.7 Å². The van der Waals surface area contributed by atoms with E-state index in [-0.39, 0.29) is 27.4 Å². The lowest BCUT2D eigenvalue weighted by Crippen LogP contribution is -2.47. The molecule has 1 fully saturated rings. The van der Waals surface area contributed by atoms with Gasteiger partial charge in [0.1, 0.15) is 0 Å². The molecule has 3 amide bonds. The van der Waals surface area contributed by atoms with Gasteiger partial charge in [-0.1, -0.05) is 17.4 Å². The number of carbonyl (C=O) groups excluding carboxylic acids is 2. The lowest BCUT2D eigenvalue weighted by molar-refractivity contribution is -0.129. The number of urea groups is 1. The Labute approximate surface area is 224 Å². The topological polar surface area (TPSA) is 201 Å². The summed E-state index contributed by atoms with van der Waals surface area (Å²) >= 11 is 1.07. The minimum Gasteiger partial charge on any atom is -0.478 e. The molecular weight excluding hydrogens is 526 g/mol. The number of fused-ring (bicyclic) bond motifs is 1. The van der Waals surface area contributed by atoms with Crippen molar-refractivity contribution in [2.24, 2.45) is 5.73 Å². The molecule has 15 heteroatoms. The van der Waals surface area contributed by atoms with Crippen molar-refractivity contribution in [3.05, 3.63) is 53.9 Å². The second-order valence-corrected chi connectivity index (χ2v) is 9.44. The van der Waals surface area contributed by atoms with Gasteiger partial charge in [-0.25, -0.2) is 24.2 Å². The maximum Gasteiger partial charge on any atom is 0.336 e. The molecule has 1 aromatic carbocycles. The molecule has 1 saturated heterocycles. The number of nitrogens with one attached hydrogen (secondary N) is 2. The Kier molecular flexibility index (Phi) is 7.14. The molecule has 0 radical (unpaired) electrons. The Morgan fingerprint density at radius 2 is 1.97 bits per heavy atom. The van der Waals surface area contributed by atoms with E-state index in [0.717, 1.165) is 11.3 Å². The van der Waals surface area contributed by atoms with Crippen LogP contribution in [-0.2, 0) is 9.53 Å². The zero-order chi connectivity index (χ0) is 27.5. The fourth-order valence-electron chi connectivity index (χ4n) is 4.15. The number of ether oxygens (including phenoxy) is 1. The molecule has 0 aliphatic carbocycles. The SMILES string of the molecule is N#Cc1cccc(NC(=O)Nc2ncc(-c3cc(C(=O)O)c4cnn(C(C(N)=O)N5CCOCC5)c4n3)s2)c1. The number of aromatic carboxylic acids is 1. The highest BCUT2D eigenvalue weighted by molar-refractivity contribution is 7.19. The number of primary amides is 1. The smallest absolute Gasteiger partial charge is 0.336 e. The number of rotatable bonds is 7. The van der Waals surface area contributed by atoms with Gasteiger partial charge in [0.25, 0.3) is 5.91 Å². The molecule has 5 N–H and O–H groups in total. The summed E-state index contributed by atoms with van der Waals surface area (Å²) in [5, 5.41) is 28.9. The van der Waals surface area contributed by atoms with Gasteiger partial charge in [-0.3, -0.25) is 15.0 Å². The first-order valence-corrected chi connectivity index (χ1v) is 12.4. The van der Waals surface area contributed by atoms with E-state index in [4.69, 9.17) is 15.7 Å². The van der Waals surface area contributed by atoms with Crippen LogP contribution in [0.2, 0.25) is 0 Å². The maximum atomic E-state index is 12.5. The number of pyridine rings is 1. The molecule has 0 saturated carbocycles. The molecule has 1 atom stereocenters. The molecule has 198 valence electrons. The number of nitrogens with zero attached hydrogens (tertiary/aromatic N) is 6. The maximum absolute atomic E-state index is 12.5. The molecule has 14 nitrogen and oxygen atoms in total.